The molecule has 0 radical (unpaired) electrons. The second-order valence-electron chi connectivity index (χ2n) is 8.04. The summed E-state index contributed by atoms with van der Waals surface area (Å²) in [6, 6.07) is 2.12. The standard InChI is InChI=1S/C19H30N4O2/c1-15-11-17(16-5-4-6-16)21-18(20-15)23-9-10-25-14-19(24,13-23)12-22-7-2-3-8-22/h11,16,24H,2-10,12-14H2,1H3/t19-/m1/s1. The van der Waals surface area contributed by atoms with E-state index >= 15 is 0 Å². The van der Waals surface area contributed by atoms with Crippen LogP contribution < -0.4 is 4.90 Å². The second kappa shape index (κ2) is 7.17. The first-order valence-electron chi connectivity index (χ1n) is 9.74. The minimum atomic E-state index is -0.857. The van der Waals surface area contributed by atoms with Crippen molar-refractivity contribution in [1.82, 2.24) is 14.9 Å². The van der Waals surface area contributed by atoms with E-state index in [1.54, 1.807) is 0 Å². The number of ether oxygens (including phenoxy) is 1. The van der Waals surface area contributed by atoms with Crippen LogP contribution in [0.15, 0.2) is 6.07 Å². The van der Waals surface area contributed by atoms with E-state index < -0.39 is 5.60 Å². The van der Waals surface area contributed by atoms with Crippen molar-refractivity contribution < 1.29 is 9.84 Å². The lowest BCUT2D eigenvalue weighted by atomic mass is 9.82. The summed E-state index contributed by atoms with van der Waals surface area (Å²) >= 11 is 0. The topological polar surface area (TPSA) is 61.7 Å². The SMILES string of the molecule is Cc1cc(C2CCC2)nc(N2CCOC[C@@](O)(CN3CCCC3)C2)n1. The van der Waals surface area contributed by atoms with Crippen molar-refractivity contribution in [3.05, 3.63) is 17.5 Å². The Labute approximate surface area is 150 Å². The lowest BCUT2D eigenvalue weighted by Gasteiger charge is -2.34. The van der Waals surface area contributed by atoms with Gasteiger partial charge in [0.1, 0.15) is 5.60 Å². The van der Waals surface area contributed by atoms with Gasteiger partial charge in [0.25, 0.3) is 0 Å². The molecule has 0 spiro atoms. The summed E-state index contributed by atoms with van der Waals surface area (Å²) in [6.07, 6.45) is 6.23. The van der Waals surface area contributed by atoms with Crippen LogP contribution in [0, 0.1) is 6.92 Å². The molecule has 4 rings (SSSR count). The van der Waals surface area contributed by atoms with Crippen LogP contribution in [0.25, 0.3) is 0 Å². The molecule has 0 amide bonds. The maximum atomic E-state index is 11.2. The normalized spacial score (nSPS) is 28.8. The molecule has 0 aromatic carbocycles. The van der Waals surface area contributed by atoms with Crippen molar-refractivity contribution in [3.63, 3.8) is 0 Å². The van der Waals surface area contributed by atoms with Crippen molar-refractivity contribution >= 4 is 5.95 Å². The third kappa shape index (κ3) is 3.96. The summed E-state index contributed by atoms with van der Waals surface area (Å²) < 4.78 is 5.74. The quantitative estimate of drug-likeness (QED) is 0.896. The molecule has 1 aromatic heterocycles. The van der Waals surface area contributed by atoms with Gasteiger partial charge in [-0.25, -0.2) is 9.97 Å². The predicted molar refractivity (Wildman–Crippen MR) is 97.0 cm³/mol. The van der Waals surface area contributed by atoms with Crippen molar-refractivity contribution in [3.8, 4) is 0 Å². The molecule has 1 aromatic rings. The van der Waals surface area contributed by atoms with Crippen LogP contribution in [-0.2, 0) is 4.74 Å². The van der Waals surface area contributed by atoms with E-state index in [0.29, 0.717) is 32.2 Å². The highest BCUT2D eigenvalue weighted by atomic mass is 16.5. The number of hydrogen-bond acceptors (Lipinski definition) is 6. The highest BCUT2D eigenvalue weighted by molar-refractivity contribution is 5.35. The number of anilines is 1. The number of β-amino-alcohol motifs (C(OH)–C–C–N with tert-alkyl or cyclic N) is 1. The number of hydrogen-bond donors (Lipinski definition) is 1. The molecular formula is C19H30N4O2. The van der Waals surface area contributed by atoms with Gasteiger partial charge in [0.15, 0.2) is 0 Å². The summed E-state index contributed by atoms with van der Waals surface area (Å²) in [6.45, 7) is 7.14. The first kappa shape index (κ1) is 17.2. The maximum absolute atomic E-state index is 11.2. The predicted octanol–water partition coefficient (Wildman–Crippen LogP) is 1.72. The average Bonchev–Trinajstić information content (AvgIpc) is 2.92. The van der Waals surface area contributed by atoms with Gasteiger partial charge in [-0.3, -0.25) is 0 Å². The van der Waals surface area contributed by atoms with Crippen molar-refractivity contribution in [2.45, 2.75) is 50.5 Å². The Bertz CT molecular complexity index is 601. The molecular weight excluding hydrogens is 316 g/mol. The lowest BCUT2D eigenvalue weighted by Crippen LogP contribution is -2.52. The van der Waals surface area contributed by atoms with E-state index in [1.165, 1.54) is 37.8 Å². The first-order valence-corrected chi connectivity index (χ1v) is 9.74. The van der Waals surface area contributed by atoms with E-state index in [2.05, 4.69) is 20.9 Å². The Hall–Kier alpha value is -1.24. The second-order valence-corrected chi connectivity index (χ2v) is 8.04. The van der Waals surface area contributed by atoms with Crippen molar-refractivity contribution in [1.29, 1.82) is 0 Å². The number of aromatic nitrogens is 2. The van der Waals surface area contributed by atoms with Crippen LogP contribution in [0.4, 0.5) is 5.95 Å². The Balaban J connectivity index is 1.53. The molecule has 1 aliphatic carbocycles. The molecule has 1 saturated carbocycles. The van der Waals surface area contributed by atoms with E-state index in [1.807, 2.05) is 6.92 Å². The Morgan fingerprint density at radius 2 is 2.00 bits per heavy atom. The molecule has 0 bridgehead atoms. The molecule has 6 nitrogen and oxygen atoms in total. The van der Waals surface area contributed by atoms with Gasteiger partial charge in [-0.15, -0.1) is 0 Å². The van der Waals surface area contributed by atoms with Gasteiger partial charge in [0, 0.05) is 30.4 Å². The van der Waals surface area contributed by atoms with Crippen LogP contribution >= 0.6 is 0 Å². The van der Waals surface area contributed by atoms with Crippen LogP contribution in [0.3, 0.4) is 0 Å². The zero-order valence-electron chi connectivity index (χ0n) is 15.3. The smallest absolute Gasteiger partial charge is 0.225 e. The first-order chi connectivity index (χ1) is 12.1. The average molecular weight is 346 g/mol. The minimum Gasteiger partial charge on any atom is -0.384 e. The van der Waals surface area contributed by atoms with E-state index in [-0.39, 0.29) is 0 Å². The number of aliphatic hydroxyl groups is 1. The number of rotatable bonds is 4. The molecule has 1 atom stereocenters. The van der Waals surface area contributed by atoms with Gasteiger partial charge < -0.3 is 19.6 Å². The van der Waals surface area contributed by atoms with Gasteiger partial charge in [0.2, 0.25) is 5.95 Å². The van der Waals surface area contributed by atoms with Gasteiger partial charge in [-0.05, 0) is 51.8 Å². The molecule has 3 fully saturated rings. The van der Waals surface area contributed by atoms with Gasteiger partial charge in [0.05, 0.1) is 19.8 Å². The molecule has 25 heavy (non-hydrogen) atoms. The summed E-state index contributed by atoms with van der Waals surface area (Å²) in [5.41, 5.74) is 1.33. The highest BCUT2D eigenvalue weighted by Crippen LogP contribution is 2.36. The fourth-order valence-corrected chi connectivity index (χ4v) is 4.17. The van der Waals surface area contributed by atoms with Crippen LogP contribution in [0.2, 0.25) is 0 Å². The largest absolute Gasteiger partial charge is 0.384 e. The number of aryl methyl sites for hydroxylation is 1. The third-order valence-electron chi connectivity index (χ3n) is 5.75. The summed E-state index contributed by atoms with van der Waals surface area (Å²) in [4.78, 5) is 14.0. The van der Waals surface area contributed by atoms with Crippen LogP contribution in [0.1, 0.15) is 49.4 Å². The Morgan fingerprint density at radius 1 is 1.20 bits per heavy atom. The van der Waals surface area contributed by atoms with E-state index in [4.69, 9.17) is 9.72 Å². The van der Waals surface area contributed by atoms with E-state index in [0.717, 1.165) is 31.3 Å². The zero-order valence-corrected chi connectivity index (χ0v) is 15.3. The van der Waals surface area contributed by atoms with Gasteiger partial charge in [-0.1, -0.05) is 6.42 Å². The van der Waals surface area contributed by atoms with Gasteiger partial charge in [-0.2, -0.15) is 0 Å². The zero-order chi connectivity index (χ0) is 17.3. The molecule has 6 heteroatoms. The molecule has 2 aliphatic heterocycles. The summed E-state index contributed by atoms with van der Waals surface area (Å²) in [5, 5.41) is 11.2. The molecule has 3 heterocycles. The van der Waals surface area contributed by atoms with Crippen LogP contribution in [-0.4, -0.2) is 71.5 Å². The summed E-state index contributed by atoms with van der Waals surface area (Å²) in [7, 11) is 0. The highest BCUT2D eigenvalue weighted by Gasteiger charge is 2.36. The molecule has 2 saturated heterocycles. The molecule has 138 valence electrons. The van der Waals surface area contributed by atoms with Crippen LogP contribution in [0.5, 0.6) is 0 Å². The Kier molecular flexibility index (Phi) is 4.93. The minimum absolute atomic E-state index is 0.390. The fraction of sp³-hybridized carbons (Fsp3) is 0.789. The van der Waals surface area contributed by atoms with Crippen molar-refractivity contribution in [2.24, 2.45) is 0 Å². The lowest BCUT2D eigenvalue weighted by molar-refractivity contribution is -0.0439. The molecule has 0 unspecified atom stereocenters. The van der Waals surface area contributed by atoms with Crippen molar-refractivity contribution in [2.75, 3.05) is 50.8 Å². The Morgan fingerprint density at radius 3 is 2.72 bits per heavy atom. The van der Waals surface area contributed by atoms with E-state index in [9.17, 15) is 5.11 Å². The monoisotopic (exact) mass is 346 g/mol. The fourth-order valence-electron chi connectivity index (χ4n) is 4.17. The maximum Gasteiger partial charge on any atom is 0.225 e. The molecule has 3 aliphatic rings. The number of nitrogens with zero attached hydrogens (tertiary/aromatic N) is 4. The third-order valence-corrected chi connectivity index (χ3v) is 5.75. The molecule has 1 N–H and O–H groups in total. The van der Waals surface area contributed by atoms with Gasteiger partial charge >= 0.3 is 0 Å². The summed E-state index contributed by atoms with van der Waals surface area (Å²) in [5.74, 6) is 1.35. The number of likely N-dealkylation sites (tertiary alicyclic amines) is 1.